The molecule has 1 N–H and O–H groups in total. The second-order valence-electron chi connectivity index (χ2n) is 3.82. The van der Waals surface area contributed by atoms with Gasteiger partial charge in [0.2, 0.25) is 0 Å². The third-order valence-corrected chi connectivity index (χ3v) is 2.26. The minimum absolute atomic E-state index is 0.278. The summed E-state index contributed by atoms with van der Waals surface area (Å²) in [5.41, 5.74) is 0. The van der Waals surface area contributed by atoms with E-state index in [1.807, 2.05) is 25.1 Å². The normalized spacial score (nSPS) is 12.4. The topological polar surface area (TPSA) is 51.0 Å². The molecule has 16 heavy (non-hydrogen) atoms. The molecule has 2 aromatic heterocycles. The van der Waals surface area contributed by atoms with Gasteiger partial charge < -0.3 is 9.73 Å². The van der Waals surface area contributed by atoms with E-state index in [0.717, 1.165) is 23.8 Å². The number of furan rings is 1. The van der Waals surface area contributed by atoms with Crippen LogP contribution in [0, 0.1) is 6.92 Å². The molecule has 0 fully saturated rings. The molecule has 0 radical (unpaired) electrons. The summed E-state index contributed by atoms with van der Waals surface area (Å²) in [6.45, 7) is 3.97. The Morgan fingerprint density at radius 3 is 3.00 bits per heavy atom. The Morgan fingerprint density at radius 2 is 2.31 bits per heavy atom. The fraction of sp³-hybridized carbons (Fsp3) is 0.333. The zero-order chi connectivity index (χ0) is 11.4. The largest absolute Gasteiger partial charge is 0.469 e. The number of anilines is 1. The van der Waals surface area contributed by atoms with E-state index in [-0.39, 0.29) is 6.04 Å². The molecule has 0 saturated heterocycles. The summed E-state index contributed by atoms with van der Waals surface area (Å²) < 4.78 is 5.29. The zero-order valence-corrected chi connectivity index (χ0v) is 9.47. The highest BCUT2D eigenvalue weighted by molar-refractivity contribution is 5.34. The van der Waals surface area contributed by atoms with Gasteiger partial charge >= 0.3 is 0 Å². The molecule has 0 saturated carbocycles. The van der Waals surface area contributed by atoms with Gasteiger partial charge in [-0.05, 0) is 32.0 Å². The Morgan fingerprint density at radius 1 is 1.44 bits per heavy atom. The zero-order valence-electron chi connectivity index (χ0n) is 9.47. The lowest BCUT2D eigenvalue weighted by Crippen LogP contribution is -2.18. The van der Waals surface area contributed by atoms with Crippen molar-refractivity contribution >= 4 is 5.82 Å². The van der Waals surface area contributed by atoms with Crippen molar-refractivity contribution < 1.29 is 4.42 Å². The van der Waals surface area contributed by atoms with Crippen LogP contribution in [0.15, 0.2) is 35.1 Å². The van der Waals surface area contributed by atoms with Gasteiger partial charge in [-0.1, -0.05) is 0 Å². The van der Waals surface area contributed by atoms with Crippen LogP contribution in [0.25, 0.3) is 0 Å². The highest BCUT2D eigenvalue weighted by Gasteiger charge is 2.06. The molecule has 0 bridgehead atoms. The van der Waals surface area contributed by atoms with E-state index in [0.29, 0.717) is 0 Å². The van der Waals surface area contributed by atoms with Crippen molar-refractivity contribution in [2.75, 3.05) is 5.32 Å². The molecular formula is C12H15N3O. The lowest BCUT2D eigenvalue weighted by molar-refractivity contribution is 0.497. The summed E-state index contributed by atoms with van der Waals surface area (Å²) in [5, 5.41) is 3.31. The van der Waals surface area contributed by atoms with Crippen LogP contribution in [0.2, 0.25) is 0 Å². The minimum Gasteiger partial charge on any atom is -0.469 e. The third-order valence-electron chi connectivity index (χ3n) is 2.26. The first-order chi connectivity index (χ1) is 7.74. The second-order valence-corrected chi connectivity index (χ2v) is 3.82. The summed E-state index contributed by atoms with van der Waals surface area (Å²) in [6, 6.07) is 6.02. The van der Waals surface area contributed by atoms with Crippen molar-refractivity contribution in [1.82, 2.24) is 9.97 Å². The molecule has 0 aromatic carbocycles. The quantitative estimate of drug-likeness (QED) is 0.854. The molecular weight excluding hydrogens is 202 g/mol. The summed E-state index contributed by atoms with van der Waals surface area (Å²) in [4.78, 5) is 8.34. The van der Waals surface area contributed by atoms with Crippen molar-refractivity contribution in [3.05, 3.63) is 42.2 Å². The van der Waals surface area contributed by atoms with Gasteiger partial charge in [-0.25, -0.2) is 9.97 Å². The number of nitrogens with zero attached hydrogens (tertiary/aromatic N) is 2. The van der Waals surface area contributed by atoms with Crippen molar-refractivity contribution in [1.29, 1.82) is 0 Å². The highest BCUT2D eigenvalue weighted by Crippen LogP contribution is 2.09. The predicted molar refractivity (Wildman–Crippen MR) is 62.3 cm³/mol. The van der Waals surface area contributed by atoms with E-state index in [2.05, 4.69) is 22.2 Å². The van der Waals surface area contributed by atoms with Gasteiger partial charge in [0, 0.05) is 18.7 Å². The maximum Gasteiger partial charge on any atom is 0.129 e. The van der Waals surface area contributed by atoms with Gasteiger partial charge in [0.05, 0.1) is 6.26 Å². The van der Waals surface area contributed by atoms with Crippen molar-refractivity contribution in [2.24, 2.45) is 0 Å². The maximum absolute atomic E-state index is 5.29. The molecule has 0 aliphatic rings. The first-order valence-corrected chi connectivity index (χ1v) is 5.32. The Balaban J connectivity index is 1.94. The third kappa shape index (κ3) is 2.82. The Kier molecular flexibility index (Phi) is 3.19. The van der Waals surface area contributed by atoms with Gasteiger partial charge in [0.25, 0.3) is 0 Å². The molecule has 1 unspecified atom stereocenters. The lowest BCUT2D eigenvalue weighted by Gasteiger charge is -2.12. The van der Waals surface area contributed by atoms with E-state index in [9.17, 15) is 0 Å². The molecule has 2 rings (SSSR count). The molecule has 2 aromatic rings. The monoisotopic (exact) mass is 217 g/mol. The number of aryl methyl sites for hydroxylation is 1. The number of rotatable bonds is 4. The minimum atomic E-state index is 0.278. The van der Waals surface area contributed by atoms with Crippen LogP contribution < -0.4 is 5.32 Å². The van der Waals surface area contributed by atoms with Gasteiger partial charge in [-0.2, -0.15) is 0 Å². The number of hydrogen-bond acceptors (Lipinski definition) is 4. The van der Waals surface area contributed by atoms with E-state index in [1.54, 1.807) is 12.5 Å². The van der Waals surface area contributed by atoms with E-state index >= 15 is 0 Å². The average Bonchev–Trinajstić information content (AvgIpc) is 2.70. The van der Waals surface area contributed by atoms with Gasteiger partial charge in [-0.3, -0.25) is 0 Å². The predicted octanol–water partition coefficient (Wildman–Crippen LogP) is 2.42. The first kappa shape index (κ1) is 10.7. The van der Waals surface area contributed by atoms with Crippen LogP contribution in [-0.2, 0) is 6.42 Å². The van der Waals surface area contributed by atoms with Crippen molar-refractivity contribution in [3.8, 4) is 0 Å². The Bertz CT molecular complexity index is 439. The molecule has 2 heterocycles. The van der Waals surface area contributed by atoms with Crippen molar-refractivity contribution in [2.45, 2.75) is 26.3 Å². The summed E-state index contributed by atoms with van der Waals surface area (Å²) in [5.74, 6) is 2.60. The van der Waals surface area contributed by atoms with Crippen LogP contribution in [0.4, 0.5) is 5.82 Å². The number of nitrogens with one attached hydrogen (secondary N) is 1. The maximum atomic E-state index is 5.29. The van der Waals surface area contributed by atoms with Gasteiger partial charge in [-0.15, -0.1) is 0 Å². The van der Waals surface area contributed by atoms with Crippen LogP contribution in [0.5, 0.6) is 0 Å². The van der Waals surface area contributed by atoms with E-state index in [1.165, 1.54) is 0 Å². The highest BCUT2D eigenvalue weighted by atomic mass is 16.3. The first-order valence-electron chi connectivity index (χ1n) is 5.32. The number of aromatic nitrogens is 2. The van der Waals surface area contributed by atoms with Crippen molar-refractivity contribution in [3.63, 3.8) is 0 Å². The van der Waals surface area contributed by atoms with E-state index in [4.69, 9.17) is 4.42 Å². The molecule has 0 aliphatic carbocycles. The molecule has 4 nitrogen and oxygen atoms in total. The van der Waals surface area contributed by atoms with Gasteiger partial charge in [0.1, 0.15) is 17.4 Å². The Labute approximate surface area is 94.7 Å². The summed E-state index contributed by atoms with van der Waals surface area (Å²) in [7, 11) is 0. The van der Waals surface area contributed by atoms with Crippen LogP contribution in [0.1, 0.15) is 18.5 Å². The molecule has 84 valence electrons. The Hall–Kier alpha value is -1.84. The van der Waals surface area contributed by atoms with Gasteiger partial charge in [0.15, 0.2) is 0 Å². The molecule has 4 heteroatoms. The molecule has 0 aliphatic heterocycles. The fourth-order valence-electron chi connectivity index (χ4n) is 1.57. The average molecular weight is 217 g/mol. The smallest absolute Gasteiger partial charge is 0.129 e. The van der Waals surface area contributed by atoms with Crippen LogP contribution >= 0.6 is 0 Å². The molecule has 0 amide bonds. The summed E-state index contributed by atoms with van der Waals surface area (Å²) in [6.07, 6.45) is 4.29. The van der Waals surface area contributed by atoms with E-state index < -0.39 is 0 Å². The molecule has 1 atom stereocenters. The number of hydrogen-bond donors (Lipinski definition) is 1. The summed E-state index contributed by atoms with van der Waals surface area (Å²) >= 11 is 0. The molecule has 0 spiro atoms. The standard InChI is InChI=1S/C12H15N3O/c1-9(8-11-4-3-7-16-11)14-12-5-6-13-10(2)15-12/h3-7,9H,8H2,1-2H3,(H,13,14,15). The second kappa shape index (κ2) is 4.79. The SMILES string of the molecule is Cc1nccc(NC(C)Cc2ccco2)n1. The van der Waals surface area contributed by atoms with Crippen LogP contribution in [0.3, 0.4) is 0 Å². The van der Waals surface area contributed by atoms with Crippen LogP contribution in [-0.4, -0.2) is 16.0 Å². The fourth-order valence-corrected chi connectivity index (χ4v) is 1.57. The lowest BCUT2D eigenvalue weighted by atomic mass is 10.2.